The maximum absolute atomic E-state index is 5.96. The number of anilines is 1. The molecule has 0 saturated heterocycles. The number of nitrogens with two attached hydrogens (primary N) is 3. The molecular formula is C19H24Cl2N4S. The van der Waals surface area contributed by atoms with Crippen molar-refractivity contribution >= 4 is 41.5 Å². The Hall–Kier alpha value is -1.69. The number of aryl methyl sites for hydroxylation is 1. The van der Waals surface area contributed by atoms with Crippen LogP contribution in [0.15, 0.2) is 52.8 Å². The van der Waals surface area contributed by atoms with Gasteiger partial charge in [0.05, 0.1) is 0 Å². The molecule has 2 aromatic carbocycles. The van der Waals surface area contributed by atoms with Crippen LogP contribution in [0, 0.1) is 6.92 Å². The number of rotatable bonds is 2. The highest BCUT2D eigenvalue weighted by Gasteiger charge is 2.16. The van der Waals surface area contributed by atoms with E-state index in [1.807, 2.05) is 37.3 Å². The van der Waals surface area contributed by atoms with Gasteiger partial charge in [-0.25, -0.2) is 0 Å². The van der Waals surface area contributed by atoms with Crippen molar-refractivity contribution in [3.8, 4) is 0 Å². The molecule has 7 heteroatoms. The largest absolute Gasteiger partial charge is 0.399 e. The average Bonchev–Trinajstić information content (AvgIpc) is 2.58. The smallest absolute Gasteiger partial charge is 0.118 e. The zero-order valence-electron chi connectivity index (χ0n) is 14.7. The molecule has 0 radical (unpaired) electrons. The number of benzene rings is 2. The first kappa shape index (κ1) is 20.6. The van der Waals surface area contributed by atoms with Gasteiger partial charge >= 0.3 is 0 Å². The zero-order chi connectivity index (χ0) is 19.3. The van der Waals surface area contributed by atoms with Gasteiger partial charge in [0.25, 0.3) is 0 Å². The highest BCUT2D eigenvalue weighted by molar-refractivity contribution is 7.80. The molecule has 1 aliphatic rings. The first-order chi connectivity index (χ1) is 12.3. The highest BCUT2D eigenvalue weighted by Crippen LogP contribution is 2.23. The van der Waals surface area contributed by atoms with Gasteiger partial charge in [-0.15, -0.1) is 12.6 Å². The molecule has 0 fully saturated rings. The molecule has 0 bridgehead atoms. The van der Waals surface area contributed by atoms with E-state index in [-0.39, 0.29) is 0 Å². The van der Waals surface area contributed by atoms with Crippen molar-refractivity contribution in [1.29, 1.82) is 0 Å². The Labute approximate surface area is 170 Å². The van der Waals surface area contributed by atoms with Gasteiger partial charge in [0.2, 0.25) is 0 Å². The molecule has 0 aliphatic carbocycles. The number of hydrogen-bond acceptors (Lipinski definition) is 5. The second kappa shape index (κ2) is 9.31. The molecular weight excluding hydrogens is 387 g/mol. The van der Waals surface area contributed by atoms with E-state index in [0.717, 1.165) is 46.1 Å². The normalized spacial score (nSPS) is 14.1. The predicted octanol–water partition coefficient (Wildman–Crippen LogP) is 4.54. The fraction of sp³-hybridized carbons (Fsp3) is 0.263. The molecule has 26 heavy (non-hydrogen) atoms. The highest BCUT2D eigenvalue weighted by atomic mass is 35.5. The second-order valence-corrected chi connectivity index (χ2v) is 7.57. The summed E-state index contributed by atoms with van der Waals surface area (Å²) in [5.74, 6) is 0.672. The quantitative estimate of drug-likeness (QED) is 0.432. The van der Waals surface area contributed by atoms with Crippen LogP contribution in [0.5, 0.6) is 0 Å². The number of nitrogen functional groups attached to an aromatic ring is 1. The van der Waals surface area contributed by atoms with Crippen molar-refractivity contribution in [2.45, 2.75) is 31.2 Å². The maximum Gasteiger partial charge on any atom is 0.118 e. The lowest BCUT2D eigenvalue weighted by Gasteiger charge is -2.30. The van der Waals surface area contributed by atoms with E-state index in [0.29, 0.717) is 23.1 Å². The Bertz CT molecular complexity index is 808. The van der Waals surface area contributed by atoms with Crippen LogP contribution in [0.2, 0.25) is 10.0 Å². The number of halogens is 2. The summed E-state index contributed by atoms with van der Waals surface area (Å²) >= 11 is 15.7. The fourth-order valence-electron chi connectivity index (χ4n) is 2.57. The molecule has 3 rings (SSSR count). The van der Waals surface area contributed by atoms with Crippen LogP contribution in [0.4, 0.5) is 5.69 Å². The minimum absolute atomic E-state index is 0.646. The molecule has 2 aromatic rings. The van der Waals surface area contributed by atoms with Crippen molar-refractivity contribution in [3.05, 3.63) is 69.1 Å². The van der Waals surface area contributed by atoms with E-state index in [1.165, 1.54) is 0 Å². The molecule has 0 aromatic heterocycles. The van der Waals surface area contributed by atoms with Crippen LogP contribution in [0.3, 0.4) is 0 Å². The molecule has 0 amide bonds. The summed E-state index contributed by atoms with van der Waals surface area (Å²) in [6, 6.07) is 11.2. The van der Waals surface area contributed by atoms with E-state index in [1.54, 1.807) is 6.07 Å². The van der Waals surface area contributed by atoms with Crippen molar-refractivity contribution in [1.82, 2.24) is 4.90 Å². The van der Waals surface area contributed by atoms with Crippen LogP contribution >= 0.6 is 35.8 Å². The second-order valence-electron chi connectivity index (χ2n) is 6.21. The van der Waals surface area contributed by atoms with Crippen molar-refractivity contribution < 1.29 is 0 Å². The lowest BCUT2D eigenvalue weighted by molar-refractivity contribution is 0.304. The summed E-state index contributed by atoms with van der Waals surface area (Å²) in [6.07, 6.45) is 1.90. The van der Waals surface area contributed by atoms with Crippen LogP contribution in [0.25, 0.3) is 0 Å². The van der Waals surface area contributed by atoms with E-state index in [4.69, 9.17) is 40.4 Å². The summed E-state index contributed by atoms with van der Waals surface area (Å²) in [7, 11) is 0. The molecule has 1 aliphatic heterocycles. The first-order valence-corrected chi connectivity index (χ1v) is 9.46. The lowest BCUT2D eigenvalue weighted by atomic mass is 10.1. The minimum atomic E-state index is 0.646. The van der Waals surface area contributed by atoms with Gasteiger partial charge in [0.1, 0.15) is 5.82 Å². The number of thiol groups is 1. The van der Waals surface area contributed by atoms with Crippen molar-refractivity contribution in [2.24, 2.45) is 11.5 Å². The molecule has 1 heterocycles. The third kappa shape index (κ3) is 5.66. The van der Waals surface area contributed by atoms with Gasteiger partial charge in [-0.05, 0) is 55.2 Å². The summed E-state index contributed by atoms with van der Waals surface area (Å²) < 4.78 is 0. The number of allylic oxidation sites excluding steroid dienone is 1. The van der Waals surface area contributed by atoms with Crippen molar-refractivity contribution in [3.63, 3.8) is 0 Å². The molecule has 140 valence electrons. The number of nitrogens with zero attached hydrogens (tertiary/aromatic N) is 1. The number of hydrogen-bond donors (Lipinski definition) is 4. The maximum atomic E-state index is 5.96. The van der Waals surface area contributed by atoms with Crippen LogP contribution in [-0.2, 0) is 6.54 Å². The van der Waals surface area contributed by atoms with Gasteiger partial charge in [0.15, 0.2) is 0 Å². The van der Waals surface area contributed by atoms with Crippen LogP contribution in [-0.4, -0.2) is 11.4 Å². The molecule has 6 N–H and O–H groups in total. The van der Waals surface area contributed by atoms with E-state index < -0.39 is 0 Å². The fourth-order valence-corrected chi connectivity index (χ4v) is 3.21. The third-order valence-electron chi connectivity index (χ3n) is 4.17. The summed E-state index contributed by atoms with van der Waals surface area (Å²) in [6.45, 7) is 3.56. The Kier molecular flexibility index (Phi) is 7.38. The minimum Gasteiger partial charge on any atom is -0.399 e. The monoisotopic (exact) mass is 410 g/mol. The Morgan fingerprint density at radius 3 is 2.42 bits per heavy atom. The van der Waals surface area contributed by atoms with Gasteiger partial charge in [-0.1, -0.05) is 35.3 Å². The topological polar surface area (TPSA) is 81.3 Å². The molecule has 4 nitrogen and oxygen atoms in total. The van der Waals surface area contributed by atoms with Gasteiger partial charge in [-0.2, -0.15) is 0 Å². The van der Waals surface area contributed by atoms with E-state index in [9.17, 15) is 0 Å². The Morgan fingerprint density at radius 2 is 1.81 bits per heavy atom. The Morgan fingerprint density at radius 1 is 1.08 bits per heavy atom. The SMILES string of the molecule is Cc1ccc(S)cc1Cl.NC1=C(N)N(Cc2ccc(Cl)cc2N)CCC1. The summed E-state index contributed by atoms with van der Waals surface area (Å²) in [5.41, 5.74) is 21.3. The van der Waals surface area contributed by atoms with E-state index >= 15 is 0 Å². The first-order valence-electron chi connectivity index (χ1n) is 8.26. The van der Waals surface area contributed by atoms with Gasteiger partial charge in [-0.3, -0.25) is 0 Å². The van der Waals surface area contributed by atoms with E-state index in [2.05, 4.69) is 17.5 Å². The molecule has 0 saturated carbocycles. The molecule has 0 atom stereocenters. The van der Waals surface area contributed by atoms with Crippen LogP contribution < -0.4 is 17.2 Å². The molecule has 0 unspecified atom stereocenters. The van der Waals surface area contributed by atoms with Gasteiger partial charge in [0, 0.05) is 39.4 Å². The lowest BCUT2D eigenvalue weighted by Crippen LogP contribution is -2.35. The third-order valence-corrected chi connectivity index (χ3v) is 5.09. The zero-order valence-corrected chi connectivity index (χ0v) is 17.1. The average molecular weight is 411 g/mol. The Balaban J connectivity index is 0.000000228. The summed E-state index contributed by atoms with van der Waals surface area (Å²) in [5, 5.41) is 1.43. The van der Waals surface area contributed by atoms with Crippen molar-refractivity contribution in [2.75, 3.05) is 12.3 Å². The van der Waals surface area contributed by atoms with Gasteiger partial charge < -0.3 is 22.1 Å². The molecule has 0 spiro atoms. The van der Waals surface area contributed by atoms with Crippen LogP contribution in [0.1, 0.15) is 24.0 Å². The summed E-state index contributed by atoms with van der Waals surface area (Å²) in [4.78, 5) is 2.96. The predicted molar refractivity (Wildman–Crippen MR) is 114 cm³/mol. The standard InChI is InChI=1S/C12H17ClN4.C7H7ClS/c13-9-4-3-8(11(15)6-9)7-17-5-1-2-10(14)12(17)16;1-5-2-3-6(9)4-7(5)8/h3-4,6H,1-2,5,7,14-16H2;2-4,9H,1H3.